The largest absolute Gasteiger partial charge is 0.488 e. The number of aliphatic hydroxyl groups excluding tert-OH is 1. The summed E-state index contributed by atoms with van der Waals surface area (Å²) < 4.78 is 18.9. The van der Waals surface area contributed by atoms with Gasteiger partial charge in [0.15, 0.2) is 11.6 Å². The lowest BCUT2D eigenvalue weighted by Gasteiger charge is -2.15. The molecule has 0 amide bonds. The molecule has 0 aliphatic rings. The fourth-order valence-corrected chi connectivity index (χ4v) is 1.52. The Labute approximate surface area is 108 Å². The third kappa shape index (κ3) is 5.02. The van der Waals surface area contributed by atoms with Gasteiger partial charge < -0.3 is 15.2 Å². The molecule has 4 heteroatoms. The molecule has 0 aliphatic carbocycles. The van der Waals surface area contributed by atoms with Crippen molar-refractivity contribution in [3.63, 3.8) is 0 Å². The summed E-state index contributed by atoms with van der Waals surface area (Å²) in [5.74, 6) is 0.366. The van der Waals surface area contributed by atoms with Gasteiger partial charge in [0.1, 0.15) is 12.7 Å². The van der Waals surface area contributed by atoms with E-state index in [1.165, 1.54) is 0 Å². The van der Waals surface area contributed by atoms with Crippen LogP contribution in [0.1, 0.15) is 19.4 Å². The molecule has 1 atom stereocenters. The molecule has 0 fully saturated rings. The Bertz CT molecular complexity index is 369. The van der Waals surface area contributed by atoms with Gasteiger partial charge in [-0.25, -0.2) is 4.39 Å². The molecule has 0 aliphatic heterocycles. The van der Waals surface area contributed by atoms with Gasteiger partial charge in [0.2, 0.25) is 0 Å². The Morgan fingerprint density at radius 1 is 1.33 bits per heavy atom. The second-order valence-electron chi connectivity index (χ2n) is 4.90. The topological polar surface area (TPSA) is 41.5 Å². The van der Waals surface area contributed by atoms with Crippen LogP contribution in [0.5, 0.6) is 5.75 Å². The summed E-state index contributed by atoms with van der Waals surface area (Å²) >= 11 is 0. The average molecular weight is 255 g/mol. The normalized spacial score (nSPS) is 12.8. The van der Waals surface area contributed by atoms with Crippen LogP contribution in [0.2, 0.25) is 0 Å². The fourth-order valence-electron chi connectivity index (χ4n) is 1.52. The second kappa shape index (κ2) is 7.34. The molecule has 102 valence electrons. The van der Waals surface area contributed by atoms with Gasteiger partial charge in [0.05, 0.1) is 0 Å². The summed E-state index contributed by atoms with van der Waals surface area (Å²) in [5.41, 5.74) is 0.542. The first-order valence-corrected chi connectivity index (χ1v) is 6.27. The van der Waals surface area contributed by atoms with Crippen molar-refractivity contribution in [2.24, 2.45) is 5.92 Å². The lowest BCUT2D eigenvalue weighted by atomic mass is 10.2. The zero-order valence-corrected chi connectivity index (χ0v) is 11.2. The first kappa shape index (κ1) is 14.9. The molecule has 18 heavy (non-hydrogen) atoms. The maximum absolute atomic E-state index is 13.6. The van der Waals surface area contributed by atoms with Crippen molar-refractivity contribution in [2.75, 3.05) is 19.7 Å². The van der Waals surface area contributed by atoms with E-state index in [0.29, 0.717) is 18.0 Å². The molecule has 0 spiro atoms. The molecular weight excluding hydrogens is 233 g/mol. The molecule has 0 heterocycles. The number of aryl methyl sites for hydroxylation is 1. The van der Waals surface area contributed by atoms with Gasteiger partial charge in [-0.05, 0) is 31.0 Å². The van der Waals surface area contributed by atoms with E-state index in [9.17, 15) is 9.50 Å². The van der Waals surface area contributed by atoms with Gasteiger partial charge in [-0.2, -0.15) is 0 Å². The number of ether oxygens (including phenoxy) is 1. The SMILES string of the molecule is Cc1cccc(OCC(O)CNCC(C)C)c1F. The number of halogens is 1. The molecule has 1 aromatic rings. The van der Waals surface area contributed by atoms with Crippen LogP contribution in [0.15, 0.2) is 18.2 Å². The van der Waals surface area contributed by atoms with Crippen molar-refractivity contribution in [3.05, 3.63) is 29.6 Å². The van der Waals surface area contributed by atoms with Crippen LogP contribution in [0.3, 0.4) is 0 Å². The number of aliphatic hydroxyl groups is 1. The van der Waals surface area contributed by atoms with Crippen molar-refractivity contribution < 1.29 is 14.2 Å². The molecular formula is C14H22FNO2. The summed E-state index contributed by atoms with van der Waals surface area (Å²) in [6.07, 6.45) is -0.635. The molecule has 2 N–H and O–H groups in total. The van der Waals surface area contributed by atoms with E-state index >= 15 is 0 Å². The third-order valence-electron chi connectivity index (χ3n) is 2.52. The van der Waals surface area contributed by atoms with Gasteiger partial charge in [-0.1, -0.05) is 26.0 Å². The van der Waals surface area contributed by atoms with Crippen LogP contribution >= 0.6 is 0 Å². The van der Waals surface area contributed by atoms with Gasteiger partial charge >= 0.3 is 0 Å². The smallest absolute Gasteiger partial charge is 0.167 e. The van der Waals surface area contributed by atoms with Crippen molar-refractivity contribution in [1.29, 1.82) is 0 Å². The van der Waals surface area contributed by atoms with Gasteiger partial charge in [-0.3, -0.25) is 0 Å². The standard InChI is InChI=1S/C14H22FNO2/c1-10(2)7-16-8-12(17)9-18-13-6-4-5-11(3)14(13)15/h4-6,10,12,16-17H,7-9H2,1-3H3. The zero-order valence-electron chi connectivity index (χ0n) is 11.2. The Morgan fingerprint density at radius 2 is 2.06 bits per heavy atom. The van der Waals surface area contributed by atoms with E-state index in [0.717, 1.165) is 6.54 Å². The Morgan fingerprint density at radius 3 is 2.72 bits per heavy atom. The van der Waals surface area contributed by atoms with Crippen molar-refractivity contribution >= 4 is 0 Å². The van der Waals surface area contributed by atoms with Gasteiger partial charge in [0, 0.05) is 6.54 Å². The van der Waals surface area contributed by atoms with Gasteiger partial charge in [0.25, 0.3) is 0 Å². The molecule has 0 radical (unpaired) electrons. The number of benzene rings is 1. The molecule has 1 aromatic carbocycles. The molecule has 0 saturated carbocycles. The Hall–Kier alpha value is -1.13. The van der Waals surface area contributed by atoms with Crippen molar-refractivity contribution in [3.8, 4) is 5.75 Å². The first-order valence-electron chi connectivity index (χ1n) is 6.27. The van der Waals surface area contributed by atoms with E-state index in [2.05, 4.69) is 19.2 Å². The maximum atomic E-state index is 13.6. The van der Waals surface area contributed by atoms with Crippen LogP contribution in [-0.4, -0.2) is 30.9 Å². The summed E-state index contributed by atoms with van der Waals surface area (Å²) in [7, 11) is 0. The highest BCUT2D eigenvalue weighted by molar-refractivity contribution is 5.30. The van der Waals surface area contributed by atoms with Crippen LogP contribution in [0.4, 0.5) is 4.39 Å². The van der Waals surface area contributed by atoms with E-state index in [1.54, 1.807) is 25.1 Å². The second-order valence-corrected chi connectivity index (χ2v) is 4.90. The molecule has 1 unspecified atom stereocenters. The lowest BCUT2D eigenvalue weighted by Crippen LogP contribution is -2.33. The average Bonchev–Trinajstić information content (AvgIpc) is 2.30. The Kier molecular flexibility index (Phi) is 6.09. The predicted octanol–water partition coefficient (Wildman–Crippen LogP) is 2.12. The van der Waals surface area contributed by atoms with Crippen LogP contribution in [0.25, 0.3) is 0 Å². The zero-order chi connectivity index (χ0) is 13.5. The molecule has 0 bridgehead atoms. The van der Waals surface area contributed by atoms with E-state index in [1.807, 2.05) is 0 Å². The maximum Gasteiger partial charge on any atom is 0.167 e. The first-order chi connectivity index (χ1) is 8.50. The van der Waals surface area contributed by atoms with E-state index in [-0.39, 0.29) is 18.2 Å². The van der Waals surface area contributed by atoms with Crippen LogP contribution in [-0.2, 0) is 0 Å². The molecule has 3 nitrogen and oxygen atoms in total. The number of hydrogen-bond donors (Lipinski definition) is 2. The summed E-state index contributed by atoms with van der Waals surface area (Å²) in [6, 6.07) is 4.98. The van der Waals surface area contributed by atoms with Crippen molar-refractivity contribution in [2.45, 2.75) is 26.9 Å². The minimum Gasteiger partial charge on any atom is -0.488 e. The van der Waals surface area contributed by atoms with E-state index in [4.69, 9.17) is 4.74 Å². The van der Waals surface area contributed by atoms with Gasteiger partial charge in [-0.15, -0.1) is 0 Å². The highest BCUT2D eigenvalue weighted by atomic mass is 19.1. The summed E-state index contributed by atoms with van der Waals surface area (Å²) in [6.45, 7) is 7.26. The molecule has 0 aromatic heterocycles. The predicted molar refractivity (Wildman–Crippen MR) is 70.3 cm³/mol. The third-order valence-corrected chi connectivity index (χ3v) is 2.52. The summed E-state index contributed by atoms with van der Waals surface area (Å²) in [5, 5.41) is 12.8. The van der Waals surface area contributed by atoms with E-state index < -0.39 is 6.10 Å². The highest BCUT2D eigenvalue weighted by Gasteiger charge is 2.09. The summed E-state index contributed by atoms with van der Waals surface area (Å²) in [4.78, 5) is 0. The van der Waals surface area contributed by atoms with Crippen LogP contribution in [0, 0.1) is 18.7 Å². The number of nitrogens with one attached hydrogen (secondary N) is 1. The number of rotatable bonds is 7. The fraction of sp³-hybridized carbons (Fsp3) is 0.571. The lowest BCUT2D eigenvalue weighted by molar-refractivity contribution is 0.103. The number of hydrogen-bond acceptors (Lipinski definition) is 3. The molecule has 1 rings (SSSR count). The minimum absolute atomic E-state index is 0.0888. The minimum atomic E-state index is -0.635. The molecule has 0 saturated heterocycles. The van der Waals surface area contributed by atoms with Crippen molar-refractivity contribution in [1.82, 2.24) is 5.32 Å². The highest BCUT2D eigenvalue weighted by Crippen LogP contribution is 2.19. The quantitative estimate of drug-likeness (QED) is 0.784. The monoisotopic (exact) mass is 255 g/mol. The Balaban J connectivity index is 2.33. The van der Waals surface area contributed by atoms with Crippen LogP contribution < -0.4 is 10.1 Å².